The van der Waals surface area contributed by atoms with Gasteiger partial charge in [-0.3, -0.25) is 10.1 Å². The topological polar surface area (TPSA) is 105 Å². The number of quaternary nitrogens is 1. The zero-order valence-electron chi connectivity index (χ0n) is 17.4. The number of hydrogen-bond acceptors (Lipinski definition) is 7. The monoisotopic (exact) mass is 413 g/mol. The molecule has 0 saturated carbocycles. The van der Waals surface area contributed by atoms with Gasteiger partial charge in [0.15, 0.2) is 17.5 Å². The first kappa shape index (κ1) is 21.3. The Balaban J connectivity index is 1.71. The molecule has 0 aliphatic carbocycles. The molecule has 158 valence electrons. The van der Waals surface area contributed by atoms with Gasteiger partial charge in [-0.2, -0.15) is 0 Å². The molecule has 3 aromatic rings. The van der Waals surface area contributed by atoms with Gasteiger partial charge in [-0.05, 0) is 44.2 Å². The van der Waals surface area contributed by atoms with Gasteiger partial charge in [-0.25, -0.2) is 0 Å². The van der Waals surface area contributed by atoms with Crippen molar-refractivity contribution in [3.05, 3.63) is 64.0 Å². The first-order valence-electron chi connectivity index (χ1n) is 9.63. The lowest BCUT2D eigenvalue weighted by Gasteiger charge is -2.19. The minimum Gasteiger partial charge on any atom is -0.493 e. The number of nitrogens with one attached hydrogen (secondary N) is 1. The predicted molar refractivity (Wildman–Crippen MR) is 110 cm³/mol. The van der Waals surface area contributed by atoms with E-state index in [-0.39, 0.29) is 11.7 Å². The Kier molecular flexibility index (Phi) is 6.63. The molecule has 0 aliphatic heterocycles. The summed E-state index contributed by atoms with van der Waals surface area (Å²) in [6, 6.07) is 11.9. The van der Waals surface area contributed by atoms with E-state index in [1.807, 2.05) is 39.1 Å². The zero-order chi connectivity index (χ0) is 21.7. The molecule has 1 N–H and O–H groups in total. The number of non-ortho nitro benzene ring substituents is 1. The van der Waals surface area contributed by atoms with Crippen molar-refractivity contribution in [1.29, 1.82) is 0 Å². The third-order valence-corrected chi connectivity index (χ3v) is 4.89. The lowest BCUT2D eigenvalue weighted by atomic mass is 10.1. The fourth-order valence-corrected chi connectivity index (χ4v) is 3.03. The fraction of sp³-hybridized carbons (Fsp3) is 0.333. The van der Waals surface area contributed by atoms with E-state index in [4.69, 9.17) is 13.9 Å². The normalized spacial score (nSPS) is 12.9. The van der Waals surface area contributed by atoms with Gasteiger partial charge in [0.1, 0.15) is 6.54 Å². The van der Waals surface area contributed by atoms with E-state index in [1.165, 1.54) is 12.1 Å². The average Bonchev–Trinajstić information content (AvgIpc) is 3.24. The van der Waals surface area contributed by atoms with Crippen molar-refractivity contribution in [2.24, 2.45) is 0 Å². The summed E-state index contributed by atoms with van der Waals surface area (Å²) in [6.45, 7) is 5.24. The second-order valence-electron chi connectivity index (χ2n) is 6.91. The van der Waals surface area contributed by atoms with Crippen LogP contribution in [0.2, 0.25) is 0 Å². The summed E-state index contributed by atoms with van der Waals surface area (Å²) in [7, 11) is 3.67. The summed E-state index contributed by atoms with van der Waals surface area (Å²) in [5.74, 6) is 2.26. The molecule has 9 nitrogen and oxygen atoms in total. The SMILES string of the molecule is CCOc1ccc(C[NH+](C)[C@@H](C)c2nnc(-c3ccc([N+](=O)[O-])cc3)o2)cc1OC. The molecule has 2 aromatic carbocycles. The van der Waals surface area contributed by atoms with Crippen molar-refractivity contribution in [3.63, 3.8) is 0 Å². The lowest BCUT2D eigenvalue weighted by molar-refractivity contribution is -0.925. The van der Waals surface area contributed by atoms with Crippen LogP contribution in [0, 0.1) is 10.1 Å². The molecular formula is C21H25N4O5+. The number of aromatic nitrogens is 2. The largest absolute Gasteiger partial charge is 0.493 e. The first-order valence-corrected chi connectivity index (χ1v) is 9.63. The highest BCUT2D eigenvalue weighted by Crippen LogP contribution is 2.28. The zero-order valence-corrected chi connectivity index (χ0v) is 17.4. The van der Waals surface area contributed by atoms with Crippen LogP contribution < -0.4 is 14.4 Å². The second-order valence-corrected chi connectivity index (χ2v) is 6.91. The van der Waals surface area contributed by atoms with Crippen molar-refractivity contribution in [2.75, 3.05) is 20.8 Å². The van der Waals surface area contributed by atoms with Crippen LogP contribution in [0.3, 0.4) is 0 Å². The van der Waals surface area contributed by atoms with E-state index >= 15 is 0 Å². The van der Waals surface area contributed by atoms with Gasteiger partial charge < -0.3 is 18.8 Å². The maximum absolute atomic E-state index is 10.8. The molecule has 0 fully saturated rings. The van der Waals surface area contributed by atoms with Gasteiger partial charge in [0.2, 0.25) is 5.89 Å². The lowest BCUT2D eigenvalue weighted by Crippen LogP contribution is -3.07. The molecule has 0 aliphatic rings. The van der Waals surface area contributed by atoms with E-state index in [1.54, 1.807) is 19.2 Å². The van der Waals surface area contributed by atoms with E-state index in [0.29, 0.717) is 29.7 Å². The van der Waals surface area contributed by atoms with Gasteiger partial charge in [0.25, 0.3) is 11.6 Å². The fourth-order valence-electron chi connectivity index (χ4n) is 3.03. The van der Waals surface area contributed by atoms with Crippen LogP contribution in [-0.4, -0.2) is 35.9 Å². The molecule has 3 rings (SSSR count). The van der Waals surface area contributed by atoms with Gasteiger partial charge in [-0.1, -0.05) is 0 Å². The Morgan fingerprint density at radius 3 is 2.53 bits per heavy atom. The Hall–Kier alpha value is -3.46. The van der Waals surface area contributed by atoms with Crippen molar-refractivity contribution < 1.29 is 23.7 Å². The molecule has 0 spiro atoms. The van der Waals surface area contributed by atoms with Gasteiger partial charge >= 0.3 is 0 Å². The van der Waals surface area contributed by atoms with E-state index in [2.05, 4.69) is 10.2 Å². The van der Waals surface area contributed by atoms with E-state index in [9.17, 15) is 10.1 Å². The van der Waals surface area contributed by atoms with Crippen LogP contribution in [0.5, 0.6) is 11.5 Å². The summed E-state index contributed by atoms with van der Waals surface area (Å²) >= 11 is 0. The number of rotatable bonds is 9. The van der Waals surface area contributed by atoms with Crippen molar-refractivity contribution in [3.8, 4) is 23.0 Å². The Morgan fingerprint density at radius 2 is 1.90 bits per heavy atom. The molecule has 1 heterocycles. The number of methoxy groups -OCH3 is 1. The van der Waals surface area contributed by atoms with Gasteiger partial charge in [0, 0.05) is 23.3 Å². The van der Waals surface area contributed by atoms with E-state index in [0.717, 1.165) is 22.8 Å². The average molecular weight is 413 g/mol. The highest BCUT2D eigenvalue weighted by molar-refractivity contribution is 5.55. The van der Waals surface area contributed by atoms with Crippen LogP contribution >= 0.6 is 0 Å². The van der Waals surface area contributed by atoms with Crippen molar-refractivity contribution in [2.45, 2.75) is 26.4 Å². The smallest absolute Gasteiger partial charge is 0.274 e. The van der Waals surface area contributed by atoms with Gasteiger partial charge in [0.05, 0.1) is 25.7 Å². The standard InChI is InChI=1S/C21H24N4O5/c1-5-29-18-11-6-15(12-19(18)28-4)13-24(3)14(2)20-22-23-21(30-20)16-7-9-17(10-8-16)25(26)27/h6-12,14H,5,13H2,1-4H3/p+1/t14-/m0/s1. The van der Waals surface area contributed by atoms with Crippen LogP contribution in [0.25, 0.3) is 11.5 Å². The Labute approximate surface area is 174 Å². The molecule has 0 amide bonds. The Bertz CT molecular complexity index is 1000. The molecule has 0 radical (unpaired) electrons. The number of nitrogens with zero attached hydrogens (tertiary/aromatic N) is 3. The van der Waals surface area contributed by atoms with E-state index < -0.39 is 4.92 Å². The van der Waals surface area contributed by atoms with Crippen LogP contribution in [0.1, 0.15) is 31.3 Å². The highest BCUT2D eigenvalue weighted by atomic mass is 16.6. The molecule has 0 bridgehead atoms. The highest BCUT2D eigenvalue weighted by Gasteiger charge is 2.23. The summed E-state index contributed by atoms with van der Waals surface area (Å²) in [6.07, 6.45) is 0. The van der Waals surface area contributed by atoms with Gasteiger partial charge in [-0.15, -0.1) is 10.2 Å². The molecule has 2 atom stereocenters. The summed E-state index contributed by atoms with van der Waals surface area (Å²) in [5.41, 5.74) is 1.75. The number of nitro groups is 1. The third kappa shape index (κ3) is 4.74. The molecule has 1 unspecified atom stereocenters. The van der Waals surface area contributed by atoms with Crippen LogP contribution in [-0.2, 0) is 6.54 Å². The van der Waals surface area contributed by atoms with Crippen LogP contribution in [0.4, 0.5) is 5.69 Å². The predicted octanol–water partition coefficient (Wildman–Crippen LogP) is 2.83. The molecule has 9 heteroatoms. The summed E-state index contributed by atoms with van der Waals surface area (Å²) in [4.78, 5) is 11.5. The molecule has 30 heavy (non-hydrogen) atoms. The van der Waals surface area contributed by atoms with Crippen molar-refractivity contribution >= 4 is 5.69 Å². The summed E-state index contributed by atoms with van der Waals surface area (Å²) in [5, 5.41) is 19.1. The first-order chi connectivity index (χ1) is 14.4. The molecule has 0 saturated heterocycles. The number of ether oxygens (including phenoxy) is 2. The molecule has 1 aromatic heterocycles. The Morgan fingerprint density at radius 1 is 1.17 bits per heavy atom. The minimum absolute atomic E-state index is 0.0156. The second kappa shape index (κ2) is 9.36. The van der Waals surface area contributed by atoms with Crippen molar-refractivity contribution in [1.82, 2.24) is 10.2 Å². The van der Waals surface area contributed by atoms with Crippen LogP contribution in [0.15, 0.2) is 46.9 Å². The maximum atomic E-state index is 10.8. The number of nitro benzene ring substituents is 1. The third-order valence-electron chi connectivity index (χ3n) is 4.89. The number of benzene rings is 2. The maximum Gasteiger partial charge on any atom is 0.274 e. The number of hydrogen-bond donors (Lipinski definition) is 1. The minimum atomic E-state index is -0.445. The molecular weight excluding hydrogens is 388 g/mol. The summed E-state index contributed by atoms with van der Waals surface area (Å²) < 4.78 is 16.8. The quantitative estimate of drug-likeness (QED) is 0.425.